The molecule has 1 aliphatic heterocycles. The number of nitrogens with one attached hydrogen (secondary N) is 2. The van der Waals surface area contributed by atoms with Crippen molar-refractivity contribution < 1.29 is 14.3 Å². The molecule has 3 rings (SSSR count). The van der Waals surface area contributed by atoms with E-state index >= 15 is 0 Å². The molecule has 7 nitrogen and oxygen atoms in total. The van der Waals surface area contributed by atoms with Gasteiger partial charge in [-0.1, -0.05) is 30.3 Å². The van der Waals surface area contributed by atoms with Gasteiger partial charge < -0.3 is 20.3 Å². The first-order chi connectivity index (χ1) is 13.6. The smallest absolute Gasteiger partial charge is 0.321 e. The second-order valence-corrected chi connectivity index (χ2v) is 6.68. The third-order valence-corrected chi connectivity index (χ3v) is 4.70. The van der Waals surface area contributed by atoms with Crippen LogP contribution in [-0.4, -0.2) is 61.6 Å². The van der Waals surface area contributed by atoms with Crippen molar-refractivity contribution in [3.05, 3.63) is 60.2 Å². The van der Waals surface area contributed by atoms with Crippen LogP contribution >= 0.6 is 0 Å². The van der Waals surface area contributed by atoms with E-state index < -0.39 is 0 Å². The van der Waals surface area contributed by atoms with Crippen LogP contribution in [0.3, 0.4) is 0 Å². The average molecular weight is 382 g/mol. The van der Waals surface area contributed by atoms with Crippen LogP contribution in [0.25, 0.3) is 0 Å². The molecule has 1 heterocycles. The summed E-state index contributed by atoms with van der Waals surface area (Å²) in [7, 11) is 1.61. The highest BCUT2D eigenvalue weighted by molar-refractivity contribution is 5.89. The Bertz CT molecular complexity index is 772. The number of ether oxygens (including phenoxy) is 1. The Balaban J connectivity index is 1.38. The molecule has 28 heavy (non-hydrogen) atoms. The number of hydrogen-bond donors (Lipinski definition) is 2. The third-order valence-electron chi connectivity index (χ3n) is 4.70. The Kier molecular flexibility index (Phi) is 6.86. The number of rotatable bonds is 6. The van der Waals surface area contributed by atoms with Gasteiger partial charge in [0, 0.05) is 38.4 Å². The summed E-state index contributed by atoms with van der Waals surface area (Å²) in [5.41, 5.74) is 1.81. The number of methoxy groups -OCH3 is 1. The summed E-state index contributed by atoms with van der Waals surface area (Å²) < 4.78 is 5.12. The zero-order chi connectivity index (χ0) is 19.8. The first-order valence-corrected chi connectivity index (χ1v) is 9.37. The van der Waals surface area contributed by atoms with Crippen molar-refractivity contribution in [1.29, 1.82) is 0 Å². The Hall–Kier alpha value is -3.06. The van der Waals surface area contributed by atoms with Crippen LogP contribution in [0.1, 0.15) is 5.56 Å². The number of hydrogen-bond acceptors (Lipinski definition) is 4. The molecule has 0 aliphatic carbocycles. The molecule has 1 aliphatic rings. The third kappa shape index (κ3) is 5.72. The van der Waals surface area contributed by atoms with E-state index in [-0.39, 0.29) is 11.9 Å². The SMILES string of the molecule is COc1ccc(NC(=O)N2CCN(CC(=O)NCc3ccccc3)CC2)cc1. The van der Waals surface area contributed by atoms with E-state index in [9.17, 15) is 9.59 Å². The summed E-state index contributed by atoms with van der Waals surface area (Å²) in [5.74, 6) is 0.747. The Labute approximate surface area is 165 Å². The maximum Gasteiger partial charge on any atom is 0.321 e. The van der Waals surface area contributed by atoms with E-state index in [2.05, 4.69) is 15.5 Å². The van der Waals surface area contributed by atoms with Gasteiger partial charge in [0.05, 0.1) is 13.7 Å². The van der Waals surface area contributed by atoms with Gasteiger partial charge in [-0.2, -0.15) is 0 Å². The number of anilines is 1. The molecule has 0 spiro atoms. The molecular formula is C21H26N4O3. The molecule has 0 radical (unpaired) electrons. The molecule has 0 bridgehead atoms. The molecule has 2 aromatic carbocycles. The number of carbonyl (C=O) groups excluding carboxylic acids is 2. The topological polar surface area (TPSA) is 73.9 Å². The van der Waals surface area contributed by atoms with E-state index in [0.717, 1.165) is 17.0 Å². The number of urea groups is 1. The normalized spacial score (nSPS) is 14.4. The molecule has 0 saturated carbocycles. The summed E-state index contributed by atoms with van der Waals surface area (Å²) in [6.07, 6.45) is 0. The quantitative estimate of drug-likeness (QED) is 0.803. The van der Waals surface area contributed by atoms with Gasteiger partial charge in [0.25, 0.3) is 0 Å². The van der Waals surface area contributed by atoms with Crippen molar-refractivity contribution in [2.24, 2.45) is 0 Å². The number of piperazine rings is 1. The minimum absolute atomic E-state index is 0.0000116. The summed E-state index contributed by atoms with van der Waals surface area (Å²) in [4.78, 5) is 28.4. The van der Waals surface area contributed by atoms with Gasteiger partial charge in [0.2, 0.25) is 5.91 Å². The lowest BCUT2D eigenvalue weighted by Gasteiger charge is -2.34. The average Bonchev–Trinajstić information content (AvgIpc) is 2.74. The lowest BCUT2D eigenvalue weighted by atomic mass is 10.2. The molecular weight excluding hydrogens is 356 g/mol. The fraction of sp³-hybridized carbons (Fsp3) is 0.333. The zero-order valence-corrected chi connectivity index (χ0v) is 16.1. The van der Waals surface area contributed by atoms with Crippen LogP contribution < -0.4 is 15.4 Å². The van der Waals surface area contributed by atoms with E-state index in [0.29, 0.717) is 39.3 Å². The van der Waals surface area contributed by atoms with Crippen LogP contribution in [0.2, 0.25) is 0 Å². The molecule has 1 saturated heterocycles. The predicted octanol–water partition coefficient (Wildman–Crippen LogP) is 2.16. The van der Waals surface area contributed by atoms with E-state index in [1.165, 1.54) is 0 Å². The minimum atomic E-state index is -0.127. The largest absolute Gasteiger partial charge is 0.497 e. The van der Waals surface area contributed by atoms with E-state index in [1.54, 1.807) is 12.0 Å². The van der Waals surface area contributed by atoms with Crippen LogP contribution in [0.5, 0.6) is 5.75 Å². The standard InChI is InChI=1S/C21H26N4O3/c1-28-19-9-7-18(8-10-19)23-21(27)25-13-11-24(12-14-25)16-20(26)22-15-17-5-3-2-4-6-17/h2-10H,11-16H2,1H3,(H,22,26)(H,23,27). The van der Waals surface area contributed by atoms with Crippen molar-refractivity contribution in [3.8, 4) is 5.75 Å². The zero-order valence-electron chi connectivity index (χ0n) is 16.1. The maximum absolute atomic E-state index is 12.4. The minimum Gasteiger partial charge on any atom is -0.497 e. The van der Waals surface area contributed by atoms with Gasteiger partial charge in [-0.15, -0.1) is 0 Å². The van der Waals surface area contributed by atoms with Crippen LogP contribution in [-0.2, 0) is 11.3 Å². The molecule has 1 fully saturated rings. The summed E-state index contributed by atoms with van der Waals surface area (Å²) in [5, 5.41) is 5.83. The lowest BCUT2D eigenvalue weighted by molar-refractivity contribution is -0.122. The molecule has 7 heteroatoms. The van der Waals surface area contributed by atoms with Crippen LogP contribution in [0.4, 0.5) is 10.5 Å². The van der Waals surface area contributed by atoms with Gasteiger partial charge in [-0.3, -0.25) is 9.69 Å². The Morgan fingerprint density at radius 2 is 1.64 bits per heavy atom. The highest BCUT2D eigenvalue weighted by Crippen LogP contribution is 2.15. The van der Waals surface area contributed by atoms with Crippen molar-refractivity contribution in [2.45, 2.75) is 6.54 Å². The van der Waals surface area contributed by atoms with Gasteiger partial charge in [0.1, 0.15) is 5.75 Å². The molecule has 148 valence electrons. The maximum atomic E-state index is 12.4. The van der Waals surface area contributed by atoms with E-state index in [1.807, 2.05) is 54.6 Å². The molecule has 0 aromatic heterocycles. The Morgan fingerprint density at radius 1 is 0.964 bits per heavy atom. The molecule has 0 unspecified atom stereocenters. The van der Waals surface area contributed by atoms with Gasteiger partial charge in [-0.05, 0) is 29.8 Å². The van der Waals surface area contributed by atoms with Crippen LogP contribution in [0.15, 0.2) is 54.6 Å². The molecule has 2 N–H and O–H groups in total. The van der Waals surface area contributed by atoms with Crippen molar-refractivity contribution in [3.63, 3.8) is 0 Å². The summed E-state index contributed by atoms with van der Waals surface area (Å²) in [6, 6.07) is 16.9. The monoisotopic (exact) mass is 382 g/mol. The second-order valence-electron chi connectivity index (χ2n) is 6.68. The number of carbonyl (C=O) groups is 2. The first kappa shape index (κ1) is 19.7. The first-order valence-electron chi connectivity index (χ1n) is 9.37. The number of amides is 3. The Morgan fingerprint density at radius 3 is 2.29 bits per heavy atom. The molecule has 2 aromatic rings. The fourth-order valence-corrected chi connectivity index (χ4v) is 3.04. The van der Waals surface area contributed by atoms with Gasteiger partial charge in [0.15, 0.2) is 0 Å². The summed E-state index contributed by atoms with van der Waals surface area (Å²) >= 11 is 0. The van der Waals surface area contributed by atoms with Crippen molar-refractivity contribution in [1.82, 2.24) is 15.1 Å². The predicted molar refractivity (Wildman–Crippen MR) is 108 cm³/mol. The number of benzene rings is 2. The molecule has 3 amide bonds. The number of nitrogens with zero attached hydrogens (tertiary/aromatic N) is 2. The van der Waals surface area contributed by atoms with E-state index in [4.69, 9.17) is 4.74 Å². The second kappa shape index (κ2) is 9.75. The van der Waals surface area contributed by atoms with Gasteiger partial charge >= 0.3 is 6.03 Å². The lowest BCUT2D eigenvalue weighted by Crippen LogP contribution is -2.52. The van der Waals surface area contributed by atoms with Crippen LogP contribution in [0, 0.1) is 0 Å². The fourth-order valence-electron chi connectivity index (χ4n) is 3.04. The highest BCUT2D eigenvalue weighted by atomic mass is 16.5. The summed E-state index contributed by atoms with van der Waals surface area (Å²) in [6.45, 7) is 3.41. The van der Waals surface area contributed by atoms with Crippen molar-refractivity contribution in [2.75, 3.05) is 45.2 Å². The molecule has 0 atom stereocenters. The highest BCUT2D eigenvalue weighted by Gasteiger charge is 2.22. The van der Waals surface area contributed by atoms with Crippen molar-refractivity contribution >= 4 is 17.6 Å². The van der Waals surface area contributed by atoms with Gasteiger partial charge in [-0.25, -0.2) is 4.79 Å².